The minimum absolute atomic E-state index is 0.0695. The predicted octanol–water partition coefficient (Wildman–Crippen LogP) is 2.66. The van der Waals surface area contributed by atoms with Gasteiger partial charge in [0.15, 0.2) is 5.75 Å². The van der Waals surface area contributed by atoms with E-state index in [4.69, 9.17) is 33.4 Å². The first kappa shape index (κ1) is 16.2. The van der Waals surface area contributed by atoms with Gasteiger partial charge in [0, 0.05) is 18.3 Å². The smallest absolute Gasteiger partial charge is 0.404 e. The molecule has 1 aromatic rings. The molecule has 9 heteroatoms. The van der Waals surface area contributed by atoms with Crippen LogP contribution in [-0.2, 0) is 0 Å². The summed E-state index contributed by atoms with van der Waals surface area (Å²) in [6.07, 6.45) is -5.95. The molecule has 0 spiro atoms. The molecule has 0 aliphatic carbocycles. The molecule has 1 atom stereocenters. The van der Waals surface area contributed by atoms with E-state index < -0.39 is 24.8 Å². The number of benzene rings is 1. The van der Waals surface area contributed by atoms with Gasteiger partial charge in [-0.3, -0.25) is 0 Å². The maximum atomic E-state index is 12.1. The van der Waals surface area contributed by atoms with E-state index in [1.165, 1.54) is 6.07 Å². The van der Waals surface area contributed by atoms with Crippen molar-refractivity contribution in [1.82, 2.24) is 0 Å². The Labute approximate surface area is 116 Å². The summed E-state index contributed by atoms with van der Waals surface area (Å²) < 4.78 is 40.1. The molecule has 0 amide bonds. The second-order valence-electron chi connectivity index (χ2n) is 3.54. The topological polar surface area (TPSA) is 61.7 Å². The Bertz CT molecular complexity index is 443. The van der Waals surface area contributed by atoms with E-state index >= 15 is 0 Å². The van der Waals surface area contributed by atoms with Gasteiger partial charge < -0.3 is 20.3 Å². The second-order valence-corrected chi connectivity index (χ2v) is 4.32. The van der Waals surface area contributed by atoms with E-state index in [0.717, 1.165) is 6.07 Å². The van der Waals surface area contributed by atoms with Crippen LogP contribution in [0.4, 0.5) is 18.9 Å². The van der Waals surface area contributed by atoms with Crippen LogP contribution in [0.5, 0.6) is 5.75 Å². The standard InChI is InChI=1S/C10H10Cl2F3NO3/c11-7-1-5(16-3-6(18)4-17)2-8(9(7)12)19-10(13,14)15/h1-2,6,16-18H,3-4H2. The van der Waals surface area contributed by atoms with E-state index in [0.29, 0.717) is 0 Å². The molecule has 4 nitrogen and oxygen atoms in total. The molecule has 0 saturated heterocycles. The van der Waals surface area contributed by atoms with Crippen LogP contribution in [0.1, 0.15) is 0 Å². The van der Waals surface area contributed by atoms with Crippen LogP contribution >= 0.6 is 23.2 Å². The van der Waals surface area contributed by atoms with Crippen molar-refractivity contribution < 1.29 is 28.1 Å². The third kappa shape index (κ3) is 5.32. The summed E-state index contributed by atoms with van der Waals surface area (Å²) in [6, 6.07) is 2.27. The summed E-state index contributed by atoms with van der Waals surface area (Å²) in [5.74, 6) is -0.650. The Morgan fingerprint density at radius 3 is 2.47 bits per heavy atom. The van der Waals surface area contributed by atoms with Crippen LogP contribution in [0.2, 0.25) is 10.0 Å². The highest BCUT2D eigenvalue weighted by molar-refractivity contribution is 6.43. The number of halogens is 5. The zero-order valence-corrected chi connectivity index (χ0v) is 10.9. The molecule has 0 heterocycles. The highest BCUT2D eigenvalue weighted by atomic mass is 35.5. The summed E-state index contributed by atoms with van der Waals surface area (Å²) in [5, 5.41) is 19.8. The number of aliphatic hydroxyl groups excluding tert-OH is 2. The fourth-order valence-electron chi connectivity index (χ4n) is 1.17. The molecule has 0 fully saturated rings. The van der Waals surface area contributed by atoms with E-state index in [9.17, 15) is 13.2 Å². The predicted molar refractivity (Wildman–Crippen MR) is 64.7 cm³/mol. The number of anilines is 1. The van der Waals surface area contributed by atoms with Crippen molar-refractivity contribution >= 4 is 28.9 Å². The Morgan fingerprint density at radius 1 is 1.32 bits per heavy atom. The molecular weight excluding hydrogens is 310 g/mol. The van der Waals surface area contributed by atoms with Crippen LogP contribution < -0.4 is 10.1 Å². The molecule has 1 unspecified atom stereocenters. The largest absolute Gasteiger partial charge is 0.573 e. The minimum atomic E-state index is -4.89. The minimum Gasteiger partial charge on any atom is -0.404 e. The average Bonchev–Trinajstić information content (AvgIpc) is 2.30. The normalized spacial score (nSPS) is 13.2. The second kappa shape index (κ2) is 6.51. The SMILES string of the molecule is OCC(O)CNc1cc(Cl)c(Cl)c(OC(F)(F)F)c1. The van der Waals surface area contributed by atoms with Crippen molar-refractivity contribution in [1.29, 1.82) is 0 Å². The molecule has 0 radical (unpaired) electrons. The Balaban J connectivity index is 2.90. The lowest BCUT2D eigenvalue weighted by atomic mass is 10.2. The number of ether oxygens (including phenoxy) is 1. The number of nitrogens with one attached hydrogen (secondary N) is 1. The fourth-order valence-corrected chi connectivity index (χ4v) is 1.52. The quantitative estimate of drug-likeness (QED) is 0.781. The summed E-state index contributed by atoms with van der Waals surface area (Å²) in [6.45, 7) is -0.555. The first-order valence-corrected chi connectivity index (χ1v) is 5.76. The number of aliphatic hydroxyl groups is 2. The number of hydrogen-bond donors (Lipinski definition) is 3. The summed E-state index contributed by atoms with van der Waals surface area (Å²) >= 11 is 11.3. The van der Waals surface area contributed by atoms with Gasteiger partial charge in [0.25, 0.3) is 0 Å². The molecule has 1 aromatic carbocycles. The molecule has 0 saturated carbocycles. The molecular formula is C10H10Cl2F3NO3. The van der Waals surface area contributed by atoms with Crippen molar-refractivity contribution in [3.63, 3.8) is 0 Å². The lowest BCUT2D eigenvalue weighted by Crippen LogP contribution is -2.23. The van der Waals surface area contributed by atoms with Crippen molar-refractivity contribution in [3.05, 3.63) is 22.2 Å². The van der Waals surface area contributed by atoms with Crippen molar-refractivity contribution in [3.8, 4) is 5.75 Å². The maximum absolute atomic E-state index is 12.1. The van der Waals surface area contributed by atoms with Crippen LogP contribution in [0.15, 0.2) is 12.1 Å². The van der Waals surface area contributed by atoms with Crippen LogP contribution in [0.3, 0.4) is 0 Å². The van der Waals surface area contributed by atoms with Gasteiger partial charge in [0.2, 0.25) is 0 Å². The van der Waals surface area contributed by atoms with Crippen LogP contribution in [0.25, 0.3) is 0 Å². The highest BCUT2D eigenvalue weighted by Crippen LogP contribution is 2.38. The van der Waals surface area contributed by atoms with Crippen molar-refractivity contribution in [2.45, 2.75) is 12.5 Å². The molecule has 0 aromatic heterocycles. The number of hydrogen-bond acceptors (Lipinski definition) is 4. The fraction of sp³-hybridized carbons (Fsp3) is 0.400. The monoisotopic (exact) mass is 319 g/mol. The Kier molecular flexibility index (Phi) is 5.54. The summed E-state index contributed by atoms with van der Waals surface area (Å²) in [5.41, 5.74) is 0.168. The first-order valence-electron chi connectivity index (χ1n) is 5.00. The van der Waals surface area contributed by atoms with Gasteiger partial charge in [0.1, 0.15) is 5.02 Å². The molecule has 0 aliphatic heterocycles. The third-order valence-electron chi connectivity index (χ3n) is 1.97. The number of alkyl halides is 3. The molecule has 3 N–H and O–H groups in total. The van der Waals surface area contributed by atoms with Gasteiger partial charge >= 0.3 is 6.36 Å². The van der Waals surface area contributed by atoms with Crippen LogP contribution in [-0.4, -0.2) is 35.8 Å². The van der Waals surface area contributed by atoms with Crippen molar-refractivity contribution in [2.75, 3.05) is 18.5 Å². The summed E-state index contributed by atoms with van der Waals surface area (Å²) in [7, 11) is 0. The van der Waals surface area contributed by atoms with Gasteiger partial charge in [-0.25, -0.2) is 0 Å². The van der Waals surface area contributed by atoms with Gasteiger partial charge in [0.05, 0.1) is 17.7 Å². The molecule has 0 bridgehead atoms. The van der Waals surface area contributed by atoms with Gasteiger partial charge in [-0.2, -0.15) is 0 Å². The molecule has 0 aliphatic rings. The van der Waals surface area contributed by atoms with E-state index in [2.05, 4.69) is 10.1 Å². The highest BCUT2D eigenvalue weighted by Gasteiger charge is 2.32. The number of rotatable bonds is 5. The maximum Gasteiger partial charge on any atom is 0.573 e. The van der Waals surface area contributed by atoms with Crippen LogP contribution in [0, 0.1) is 0 Å². The first-order chi connectivity index (χ1) is 8.73. The van der Waals surface area contributed by atoms with E-state index in [1.807, 2.05) is 0 Å². The van der Waals surface area contributed by atoms with Gasteiger partial charge in [-0.15, -0.1) is 13.2 Å². The summed E-state index contributed by atoms with van der Waals surface area (Å²) in [4.78, 5) is 0. The molecule has 108 valence electrons. The zero-order chi connectivity index (χ0) is 14.6. The molecule has 1 rings (SSSR count). The van der Waals surface area contributed by atoms with Gasteiger partial charge in [-0.1, -0.05) is 23.2 Å². The lowest BCUT2D eigenvalue weighted by molar-refractivity contribution is -0.274. The van der Waals surface area contributed by atoms with Gasteiger partial charge in [-0.05, 0) is 6.07 Å². The zero-order valence-electron chi connectivity index (χ0n) is 9.34. The van der Waals surface area contributed by atoms with E-state index in [-0.39, 0.29) is 22.3 Å². The Morgan fingerprint density at radius 2 is 1.95 bits per heavy atom. The Hall–Kier alpha value is -0.890. The average molecular weight is 320 g/mol. The van der Waals surface area contributed by atoms with E-state index in [1.54, 1.807) is 0 Å². The molecule has 19 heavy (non-hydrogen) atoms. The van der Waals surface area contributed by atoms with Crippen molar-refractivity contribution in [2.24, 2.45) is 0 Å². The lowest BCUT2D eigenvalue weighted by Gasteiger charge is -2.15. The third-order valence-corrected chi connectivity index (χ3v) is 2.76.